The standard InChI is InChI=1S/C33H33F2N5O3S2/c1-5-27-32(40-17-22(6-11-30(40)37-27)21-12-14-39(15-13-21)45(4,42)43)24-9-10-26(31(35)19(24)2)33-38-29(18-44-33)25-8-7-23(34)16-28(25)36-20(3)41/h6-11,16-18,21H,5,12-15H2,1-4H3,(H,36,41). The van der Waals surface area contributed by atoms with Crippen LogP contribution >= 0.6 is 11.3 Å². The number of hydrogen-bond acceptors (Lipinski definition) is 6. The van der Waals surface area contributed by atoms with Crippen molar-refractivity contribution in [2.75, 3.05) is 24.7 Å². The molecule has 4 heterocycles. The van der Waals surface area contributed by atoms with Crippen molar-refractivity contribution in [3.63, 3.8) is 0 Å². The number of amides is 1. The predicted molar refractivity (Wildman–Crippen MR) is 174 cm³/mol. The average molecular weight is 650 g/mol. The Kier molecular flexibility index (Phi) is 8.31. The summed E-state index contributed by atoms with van der Waals surface area (Å²) in [5, 5.41) is 4.87. The van der Waals surface area contributed by atoms with Crippen LogP contribution in [0.3, 0.4) is 0 Å². The number of aryl methyl sites for hydroxylation is 1. The van der Waals surface area contributed by atoms with E-state index in [9.17, 15) is 17.6 Å². The van der Waals surface area contributed by atoms with Gasteiger partial charge in [0.2, 0.25) is 15.9 Å². The molecule has 1 aliphatic heterocycles. The Morgan fingerprint density at radius 3 is 2.44 bits per heavy atom. The first kappa shape index (κ1) is 31.0. The Hall–Kier alpha value is -4.00. The molecule has 6 rings (SSSR count). The molecule has 1 amide bonds. The Bertz CT molecular complexity index is 2050. The summed E-state index contributed by atoms with van der Waals surface area (Å²) < 4.78 is 57.6. The van der Waals surface area contributed by atoms with Crippen LogP contribution in [0, 0.1) is 18.6 Å². The second-order valence-electron chi connectivity index (χ2n) is 11.4. The fourth-order valence-corrected chi connectivity index (χ4v) is 7.78. The summed E-state index contributed by atoms with van der Waals surface area (Å²) in [6.45, 7) is 6.09. The zero-order chi connectivity index (χ0) is 32.0. The third-order valence-electron chi connectivity index (χ3n) is 8.39. The minimum absolute atomic E-state index is 0.208. The molecule has 45 heavy (non-hydrogen) atoms. The smallest absolute Gasteiger partial charge is 0.221 e. The SMILES string of the molecule is CCc1nc2ccc(C3CCN(S(C)(=O)=O)CC3)cn2c1-c1ccc(-c2nc(-c3ccc(F)cc3NC(C)=O)cs2)c(F)c1C. The molecule has 0 radical (unpaired) electrons. The van der Waals surface area contributed by atoms with E-state index in [-0.39, 0.29) is 11.8 Å². The maximum absolute atomic E-state index is 16.2. The molecule has 234 valence electrons. The van der Waals surface area contributed by atoms with Crippen molar-refractivity contribution in [3.05, 3.63) is 82.5 Å². The minimum atomic E-state index is -3.21. The van der Waals surface area contributed by atoms with E-state index in [0.29, 0.717) is 52.6 Å². The van der Waals surface area contributed by atoms with Gasteiger partial charge < -0.3 is 5.32 Å². The molecule has 0 aliphatic carbocycles. The van der Waals surface area contributed by atoms with Crippen LogP contribution in [-0.2, 0) is 21.2 Å². The number of rotatable bonds is 7. The number of piperidine rings is 1. The molecule has 0 saturated carbocycles. The first-order valence-corrected chi connectivity index (χ1v) is 17.5. The van der Waals surface area contributed by atoms with E-state index >= 15 is 4.39 Å². The number of benzene rings is 2. The highest BCUT2D eigenvalue weighted by Gasteiger charge is 2.27. The summed E-state index contributed by atoms with van der Waals surface area (Å²) in [7, 11) is -3.21. The fourth-order valence-electron chi connectivity index (χ4n) is 6.06. The topological polar surface area (TPSA) is 96.7 Å². The number of pyridine rings is 1. The molecule has 12 heteroatoms. The number of fused-ring (bicyclic) bond motifs is 1. The average Bonchev–Trinajstić information content (AvgIpc) is 3.63. The van der Waals surface area contributed by atoms with Crippen LogP contribution in [0.5, 0.6) is 0 Å². The second-order valence-corrected chi connectivity index (χ2v) is 14.2. The molecule has 0 atom stereocenters. The van der Waals surface area contributed by atoms with Crippen molar-refractivity contribution in [2.24, 2.45) is 0 Å². The van der Waals surface area contributed by atoms with Gasteiger partial charge in [-0.15, -0.1) is 11.3 Å². The van der Waals surface area contributed by atoms with Gasteiger partial charge in [0.1, 0.15) is 22.3 Å². The summed E-state index contributed by atoms with van der Waals surface area (Å²) in [6.07, 6.45) is 5.42. The van der Waals surface area contributed by atoms with Gasteiger partial charge in [0.25, 0.3) is 0 Å². The lowest BCUT2D eigenvalue weighted by Crippen LogP contribution is -2.37. The number of anilines is 1. The molecule has 1 aliphatic rings. The number of hydrogen-bond donors (Lipinski definition) is 1. The fraction of sp³-hybridized carbons (Fsp3) is 0.303. The largest absolute Gasteiger partial charge is 0.326 e. The number of sulfonamides is 1. The summed E-state index contributed by atoms with van der Waals surface area (Å²) >= 11 is 1.27. The highest BCUT2D eigenvalue weighted by molar-refractivity contribution is 7.88. The number of aromatic nitrogens is 3. The lowest BCUT2D eigenvalue weighted by atomic mass is 9.91. The molecule has 0 bridgehead atoms. The summed E-state index contributed by atoms with van der Waals surface area (Å²) in [5.74, 6) is -1.01. The van der Waals surface area contributed by atoms with E-state index in [2.05, 4.69) is 22.6 Å². The van der Waals surface area contributed by atoms with Crippen molar-refractivity contribution in [3.8, 4) is 33.1 Å². The van der Waals surface area contributed by atoms with E-state index in [1.54, 1.807) is 24.4 Å². The van der Waals surface area contributed by atoms with Crippen molar-refractivity contribution in [1.29, 1.82) is 0 Å². The monoisotopic (exact) mass is 649 g/mol. The van der Waals surface area contributed by atoms with E-state index in [1.165, 1.54) is 41.0 Å². The van der Waals surface area contributed by atoms with Gasteiger partial charge in [-0.2, -0.15) is 0 Å². The third kappa shape index (κ3) is 6.01. The molecule has 5 aromatic rings. The van der Waals surface area contributed by atoms with Crippen LogP contribution in [-0.4, -0.2) is 52.3 Å². The first-order chi connectivity index (χ1) is 21.4. The predicted octanol–water partition coefficient (Wildman–Crippen LogP) is 7.04. The highest BCUT2D eigenvalue weighted by Crippen LogP contribution is 2.39. The van der Waals surface area contributed by atoms with Crippen molar-refractivity contribution in [1.82, 2.24) is 18.7 Å². The van der Waals surface area contributed by atoms with Gasteiger partial charge in [-0.25, -0.2) is 31.5 Å². The van der Waals surface area contributed by atoms with Crippen LogP contribution in [0.2, 0.25) is 0 Å². The van der Waals surface area contributed by atoms with E-state index in [4.69, 9.17) is 4.98 Å². The van der Waals surface area contributed by atoms with Gasteiger partial charge in [-0.3, -0.25) is 9.20 Å². The zero-order valence-corrected chi connectivity index (χ0v) is 27.0. The van der Waals surface area contributed by atoms with E-state index in [0.717, 1.165) is 41.0 Å². The lowest BCUT2D eigenvalue weighted by Gasteiger charge is -2.30. The number of thiazole rings is 1. The normalized spacial score (nSPS) is 14.7. The third-order valence-corrected chi connectivity index (χ3v) is 10.6. The van der Waals surface area contributed by atoms with Crippen LogP contribution in [0.15, 0.2) is 54.0 Å². The number of carbonyl (C=O) groups excluding carboxylic acids is 1. The number of nitrogens with one attached hydrogen (secondary N) is 1. The Morgan fingerprint density at radius 1 is 1.04 bits per heavy atom. The Labute approximate surface area is 264 Å². The van der Waals surface area contributed by atoms with Crippen LogP contribution in [0.1, 0.15) is 49.4 Å². The van der Waals surface area contributed by atoms with Crippen molar-refractivity contribution >= 4 is 38.6 Å². The van der Waals surface area contributed by atoms with Crippen molar-refractivity contribution in [2.45, 2.75) is 46.0 Å². The highest BCUT2D eigenvalue weighted by atomic mass is 32.2. The van der Waals surface area contributed by atoms with Gasteiger partial charge >= 0.3 is 0 Å². The molecule has 0 spiro atoms. The second kappa shape index (κ2) is 12.1. The molecule has 2 aromatic carbocycles. The number of halogens is 2. The molecule has 8 nitrogen and oxygen atoms in total. The van der Waals surface area contributed by atoms with Crippen molar-refractivity contribution < 1.29 is 22.0 Å². The molecule has 1 N–H and O–H groups in total. The lowest BCUT2D eigenvalue weighted by molar-refractivity contribution is -0.114. The van der Waals surface area contributed by atoms with Crippen LogP contribution in [0.4, 0.5) is 14.5 Å². The maximum atomic E-state index is 16.2. The molecule has 3 aromatic heterocycles. The van der Waals surface area contributed by atoms with Gasteiger partial charge in [0, 0.05) is 48.3 Å². The zero-order valence-electron chi connectivity index (χ0n) is 25.4. The van der Waals surface area contributed by atoms with Gasteiger partial charge in [-0.1, -0.05) is 19.1 Å². The summed E-state index contributed by atoms with van der Waals surface area (Å²) in [5.41, 5.74) is 6.44. The van der Waals surface area contributed by atoms with Crippen LogP contribution in [0.25, 0.3) is 38.7 Å². The Balaban J connectivity index is 1.36. The molecular weight excluding hydrogens is 617 g/mol. The van der Waals surface area contributed by atoms with Gasteiger partial charge in [0.15, 0.2) is 0 Å². The number of carbonyl (C=O) groups is 1. The summed E-state index contributed by atoms with van der Waals surface area (Å²) in [4.78, 5) is 21.2. The van der Waals surface area contributed by atoms with E-state index in [1.807, 2.05) is 23.5 Å². The molecule has 1 fully saturated rings. The van der Waals surface area contributed by atoms with E-state index < -0.39 is 21.7 Å². The van der Waals surface area contributed by atoms with Gasteiger partial charge in [-0.05, 0) is 73.6 Å². The number of imidazole rings is 1. The first-order valence-electron chi connectivity index (χ1n) is 14.7. The minimum Gasteiger partial charge on any atom is -0.326 e. The molecular formula is C33H33F2N5O3S2. The number of nitrogens with zero attached hydrogens (tertiary/aromatic N) is 4. The van der Waals surface area contributed by atoms with Crippen LogP contribution < -0.4 is 5.32 Å². The quantitative estimate of drug-likeness (QED) is 0.204. The molecule has 1 saturated heterocycles. The maximum Gasteiger partial charge on any atom is 0.221 e. The molecule has 0 unspecified atom stereocenters. The summed E-state index contributed by atoms with van der Waals surface area (Å²) in [6, 6.07) is 11.7. The Morgan fingerprint density at radius 2 is 1.76 bits per heavy atom. The van der Waals surface area contributed by atoms with Gasteiger partial charge in [0.05, 0.1) is 29.0 Å².